The summed E-state index contributed by atoms with van der Waals surface area (Å²) < 4.78 is 0. The van der Waals surface area contributed by atoms with E-state index in [0.29, 0.717) is 0 Å². The second-order valence-electron chi connectivity index (χ2n) is 5.98. The first-order valence-electron chi connectivity index (χ1n) is 7.90. The number of rotatable bonds is 6. The number of aromatic nitrogens is 2. The van der Waals surface area contributed by atoms with Gasteiger partial charge >= 0.3 is 0 Å². The summed E-state index contributed by atoms with van der Waals surface area (Å²) in [7, 11) is 2.23. The van der Waals surface area contributed by atoms with Gasteiger partial charge in [-0.25, -0.2) is 9.97 Å². The Kier molecular flexibility index (Phi) is 5.35. The van der Waals surface area contributed by atoms with E-state index in [1.165, 1.54) is 25.9 Å². The largest absolute Gasteiger partial charge is 0.356 e. The molecular weight excluding hydrogens is 248 g/mol. The Bertz CT molecular complexity index is 432. The van der Waals surface area contributed by atoms with Gasteiger partial charge in [-0.15, -0.1) is 0 Å². The molecule has 0 spiro atoms. The molecule has 0 N–H and O–H groups in total. The smallest absolute Gasteiger partial charge is 0.132 e. The highest BCUT2D eigenvalue weighted by atomic mass is 15.2. The lowest BCUT2D eigenvalue weighted by Gasteiger charge is -2.21. The Morgan fingerprint density at radius 3 is 2.85 bits per heavy atom. The van der Waals surface area contributed by atoms with Gasteiger partial charge in [-0.1, -0.05) is 13.8 Å². The molecule has 1 aliphatic heterocycles. The molecule has 4 nitrogen and oxygen atoms in total. The van der Waals surface area contributed by atoms with Gasteiger partial charge in [-0.3, -0.25) is 0 Å². The number of hydrogen-bond donors (Lipinski definition) is 0. The maximum absolute atomic E-state index is 4.61. The van der Waals surface area contributed by atoms with Gasteiger partial charge in [0.2, 0.25) is 0 Å². The normalized spacial score (nSPS) is 19.1. The molecule has 1 aromatic rings. The molecule has 0 bridgehead atoms. The van der Waals surface area contributed by atoms with Crippen LogP contribution < -0.4 is 4.90 Å². The first-order chi connectivity index (χ1) is 9.62. The van der Waals surface area contributed by atoms with E-state index < -0.39 is 0 Å². The van der Waals surface area contributed by atoms with Crippen LogP contribution in [0.5, 0.6) is 0 Å². The van der Waals surface area contributed by atoms with Crippen LogP contribution in [0, 0.1) is 12.8 Å². The minimum Gasteiger partial charge on any atom is -0.356 e. The third-order valence-corrected chi connectivity index (χ3v) is 4.02. The second-order valence-corrected chi connectivity index (χ2v) is 5.98. The van der Waals surface area contributed by atoms with Crippen molar-refractivity contribution in [1.82, 2.24) is 14.9 Å². The molecule has 0 radical (unpaired) electrons. The van der Waals surface area contributed by atoms with Crippen LogP contribution in [0.2, 0.25) is 0 Å². The van der Waals surface area contributed by atoms with E-state index in [9.17, 15) is 0 Å². The zero-order valence-electron chi connectivity index (χ0n) is 13.4. The molecule has 2 heterocycles. The highest BCUT2D eigenvalue weighted by Gasteiger charge is 2.24. The quantitative estimate of drug-likeness (QED) is 0.799. The van der Waals surface area contributed by atoms with Crippen molar-refractivity contribution in [1.29, 1.82) is 0 Å². The van der Waals surface area contributed by atoms with Crippen molar-refractivity contribution in [2.45, 2.75) is 40.0 Å². The summed E-state index contributed by atoms with van der Waals surface area (Å²) in [4.78, 5) is 14.0. The number of hydrogen-bond acceptors (Lipinski definition) is 4. The van der Waals surface area contributed by atoms with Crippen LogP contribution in [0.15, 0.2) is 6.07 Å². The third kappa shape index (κ3) is 3.92. The summed E-state index contributed by atoms with van der Waals surface area (Å²) in [6.07, 6.45) is 3.49. The van der Waals surface area contributed by atoms with Gasteiger partial charge in [-0.05, 0) is 45.7 Å². The fraction of sp³-hybridized carbons (Fsp3) is 0.750. The molecule has 2 rings (SSSR count). The van der Waals surface area contributed by atoms with E-state index in [0.717, 1.165) is 42.8 Å². The summed E-state index contributed by atoms with van der Waals surface area (Å²) in [6, 6.07) is 2.16. The zero-order valence-corrected chi connectivity index (χ0v) is 13.4. The van der Waals surface area contributed by atoms with Gasteiger partial charge in [0, 0.05) is 31.4 Å². The third-order valence-electron chi connectivity index (χ3n) is 4.02. The molecule has 112 valence electrons. The van der Waals surface area contributed by atoms with Crippen molar-refractivity contribution in [2.24, 2.45) is 5.92 Å². The fourth-order valence-electron chi connectivity index (χ4n) is 3.06. The number of nitrogens with zero attached hydrogens (tertiary/aromatic N) is 4. The van der Waals surface area contributed by atoms with E-state index in [4.69, 9.17) is 0 Å². The average Bonchev–Trinajstić information content (AvgIpc) is 2.86. The molecule has 0 aliphatic carbocycles. The van der Waals surface area contributed by atoms with Crippen LogP contribution in [0.1, 0.15) is 38.2 Å². The van der Waals surface area contributed by atoms with Crippen molar-refractivity contribution in [3.05, 3.63) is 17.6 Å². The van der Waals surface area contributed by atoms with Crippen LogP contribution in [-0.2, 0) is 6.42 Å². The zero-order chi connectivity index (χ0) is 14.5. The van der Waals surface area contributed by atoms with E-state index in [1.54, 1.807) is 0 Å². The Hall–Kier alpha value is -1.16. The predicted octanol–water partition coefficient (Wildman–Crippen LogP) is 2.52. The first-order valence-corrected chi connectivity index (χ1v) is 7.90. The minimum atomic E-state index is 0.770. The van der Waals surface area contributed by atoms with Crippen LogP contribution >= 0.6 is 0 Å². The van der Waals surface area contributed by atoms with Crippen molar-refractivity contribution < 1.29 is 0 Å². The van der Waals surface area contributed by atoms with Crippen LogP contribution in [0.25, 0.3) is 0 Å². The van der Waals surface area contributed by atoms with E-state index in [2.05, 4.69) is 46.7 Å². The summed E-state index contributed by atoms with van der Waals surface area (Å²) in [5, 5.41) is 0. The summed E-state index contributed by atoms with van der Waals surface area (Å²) >= 11 is 0. The van der Waals surface area contributed by atoms with Gasteiger partial charge in [0.15, 0.2) is 0 Å². The highest BCUT2D eigenvalue weighted by Crippen LogP contribution is 2.23. The average molecular weight is 276 g/mol. The number of anilines is 1. The van der Waals surface area contributed by atoms with Crippen molar-refractivity contribution in [2.75, 3.05) is 38.1 Å². The second kappa shape index (κ2) is 7.02. The van der Waals surface area contributed by atoms with Gasteiger partial charge in [0.25, 0.3) is 0 Å². The lowest BCUT2D eigenvalue weighted by Crippen LogP contribution is -2.29. The maximum atomic E-state index is 4.61. The van der Waals surface area contributed by atoms with Crippen molar-refractivity contribution in [3.8, 4) is 0 Å². The fourth-order valence-corrected chi connectivity index (χ4v) is 3.06. The molecule has 1 fully saturated rings. The van der Waals surface area contributed by atoms with Crippen molar-refractivity contribution >= 4 is 5.82 Å². The summed E-state index contributed by atoms with van der Waals surface area (Å²) in [5.41, 5.74) is 1.15. The first kappa shape index (κ1) is 15.2. The van der Waals surface area contributed by atoms with E-state index >= 15 is 0 Å². The van der Waals surface area contributed by atoms with Crippen molar-refractivity contribution in [3.63, 3.8) is 0 Å². The molecular formula is C16H28N4. The summed E-state index contributed by atoms with van der Waals surface area (Å²) in [5.74, 6) is 2.78. The van der Waals surface area contributed by atoms with Gasteiger partial charge in [0.1, 0.15) is 11.6 Å². The predicted molar refractivity (Wildman–Crippen MR) is 84.3 cm³/mol. The lowest BCUT2D eigenvalue weighted by atomic mass is 10.1. The standard InChI is InChI=1S/C16H28N4/c1-5-8-19(4)11-14-7-9-20(12-14)16-10-15(6-2)17-13(3)18-16/h10,14H,5-9,11-12H2,1-4H3. The molecule has 1 unspecified atom stereocenters. The molecule has 0 amide bonds. The molecule has 1 atom stereocenters. The molecule has 20 heavy (non-hydrogen) atoms. The molecule has 1 aliphatic rings. The topological polar surface area (TPSA) is 32.3 Å². The SMILES string of the molecule is CCCN(C)CC1CCN(c2cc(CC)nc(C)n2)C1. The molecule has 0 aromatic carbocycles. The van der Waals surface area contributed by atoms with Gasteiger partial charge in [0.05, 0.1) is 0 Å². The van der Waals surface area contributed by atoms with Crippen LogP contribution in [-0.4, -0.2) is 48.1 Å². The summed E-state index contributed by atoms with van der Waals surface area (Å²) in [6.45, 7) is 11.0. The van der Waals surface area contributed by atoms with Crippen LogP contribution in [0.3, 0.4) is 0 Å². The minimum absolute atomic E-state index is 0.770. The molecule has 0 saturated carbocycles. The van der Waals surface area contributed by atoms with Gasteiger partial charge < -0.3 is 9.80 Å². The monoisotopic (exact) mass is 276 g/mol. The molecule has 4 heteroatoms. The maximum Gasteiger partial charge on any atom is 0.132 e. The molecule has 1 aromatic heterocycles. The Balaban J connectivity index is 1.97. The Morgan fingerprint density at radius 2 is 2.15 bits per heavy atom. The Labute approximate surface area is 123 Å². The highest BCUT2D eigenvalue weighted by molar-refractivity contribution is 5.41. The lowest BCUT2D eigenvalue weighted by molar-refractivity contribution is 0.287. The molecule has 1 saturated heterocycles. The van der Waals surface area contributed by atoms with Gasteiger partial charge in [-0.2, -0.15) is 0 Å². The van der Waals surface area contributed by atoms with Crippen LogP contribution in [0.4, 0.5) is 5.82 Å². The Morgan fingerprint density at radius 1 is 1.35 bits per heavy atom. The number of aryl methyl sites for hydroxylation is 2. The van der Waals surface area contributed by atoms with E-state index in [-0.39, 0.29) is 0 Å². The van der Waals surface area contributed by atoms with E-state index in [1.807, 2.05) is 6.92 Å².